The fourth-order valence-corrected chi connectivity index (χ4v) is 2.03. The molecule has 116 valence electrons. The van der Waals surface area contributed by atoms with Gasteiger partial charge in [0.25, 0.3) is 0 Å². The van der Waals surface area contributed by atoms with Gasteiger partial charge in [-0.1, -0.05) is 12.2 Å². The van der Waals surface area contributed by atoms with Crippen LogP contribution in [0.2, 0.25) is 0 Å². The molecule has 0 aromatic heterocycles. The van der Waals surface area contributed by atoms with Gasteiger partial charge in [-0.15, -0.1) is 0 Å². The van der Waals surface area contributed by atoms with E-state index >= 15 is 0 Å². The monoisotopic (exact) mass is 314 g/mol. The molecule has 1 aromatic rings. The molecular formula is C14H19FN2O3S. The first-order valence-electron chi connectivity index (χ1n) is 6.39. The van der Waals surface area contributed by atoms with E-state index in [4.69, 9.17) is 22.7 Å². The van der Waals surface area contributed by atoms with Crippen LogP contribution >= 0.6 is 12.2 Å². The Bertz CT molecular complexity index is 511. The van der Waals surface area contributed by atoms with E-state index in [1.807, 2.05) is 4.90 Å². The highest BCUT2D eigenvalue weighted by molar-refractivity contribution is 7.80. The molecule has 0 spiro atoms. The molecule has 2 N–H and O–H groups in total. The number of carbonyl (C=O) groups excluding carboxylic acids is 1. The summed E-state index contributed by atoms with van der Waals surface area (Å²) in [6.07, 6.45) is 0.203. The fourth-order valence-electron chi connectivity index (χ4n) is 1.86. The van der Waals surface area contributed by atoms with Gasteiger partial charge >= 0.3 is 5.97 Å². The van der Waals surface area contributed by atoms with Crippen LogP contribution in [0.25, 0.3) is 0 Å². The second-order valence-electron chi connectivity index (χ2n) is 4.33. The molecule has 0 unspecified atom stereocenters. The average Bonchev–Trinajstić information content (AvgIpc) is 2.47. The third-order valence-electron chi connectivity index (χ3n) is 2.94. The van der Waals surface area contributed by atoms with Crippen molar-refractivity contribution in [1.82, 2.24) is 0 Å². The van der Waals surface area contributed by atoms with Crippen LogP contribution in [-0.2, 0) is 14.3 Å². The number of thiocarbonyl (C=S) groups is 1. The van der Waals surface area contributed by atoms with Gasteiger partial charge in [-0.05, 0) is 18.2 Å². The summed E-state index contributed by atoms with van der Waals surface area (Å²) in [6.45, 7) is 1.38. The normalized spacial score (nSPS) is 10.2. The molecule has 7 heteroatoms. The molecule has 0 heterocycles. The highest BCUT2D eigenvalue weighted by atomic mass is 32.1. The summed E-state index contributed by atoms with van der Waals surface area (Å²) in [5.41, 5.74) is 6.75. The van der Waals surface area contributed by atoms with Crippen molar-refractivity contribution in [3.63, 3.8) is 0 Å². The standard InChI is InChI=1S/C14H19FN2O3S/c1-19-8-7-17(6-5-13(18)20-2)12-4-3-10(15)9-11(12)14(16)21/h3-4,9H,5-8H2,1-2H3,(H2,16,21). The van der Waals surface area contributed by atoms with Crippen molar-refractivity contribution in [3.05, 3.63) is 29.6 Å². The number of halogens is 1. The molecule has 0 amide bonds. The van der Waals surface area contributed by atoms with Gasteiger partial charge in [-0.3, -0.25) is 4.79 Å². The highest BCUT2D eigenvalue weighted by Gasteiger charge is 2.15. The van der Waals surface area contributed by atoms with Crippen LogP contribution in [0, 0.1) is 5.82 Å². The van der Waals surface area contributed by atoms with Crippen LogP contribution in [0.5, 0.6) is 0 Å². The number of rotatable bonds is 8. The Kier molecular flexibility index (Phi) is 7.04. The van der Waals surface area contributed by atoms with Crippen LogP contribution in [0.3, 0.4) is 0 Å². The minimum absolute atomic E-state index is 0.102. The number of hydrogen-bond acceptors (Lipinski definition) is 5. The first-order chi connectivity index (χ1) is 9.99. The summed E-state index contributed by atoms with van der Waals surface area (Å²) >= 11 is 4.96. The van der Waals surface area contributed by atoms with Gasteiger partial charge in [0.15, 0.2) is 0 Å². The molecule has 0 aliphatic carbocycles. The third kappa shape index (κ3) is 5.28. The number of benzene rings is 1. The van der Waals surface area contributed by atoms with Gasteiger partial charge < -0.3 is 20.1 Å². The van der Waals surface area contributed by atoms with Crippen molar-refractivity contribution < 1.29 is 18.7 Å². The van der Waals surface area contributed by atoms with Gasteiger partial charge in [0.05, 0.1) is 20.1 Å². The van der Waals surface area contributed by atoms with E-state index in [1.165, 1.54) is 19.2 Å². The zero-order chi connectivity index (χ0) is 15.8. The highest BCUT2D eigenvalue weighted by Crippen LogP contribution is 2.22. The van der Waals surface area contributed by atoms with Crippen LogP contribution in [0.15, 0.2) is 18.2 Å². The van der Waals surface area contributed by atoms with E-state index in [2.05, 4.69) is 4.74 Å². The summed E-state index contributed by atoms with van der Waals surface area (Å²) in [6, 6.07) is 4.21. The third-order valence-corrected chi connectivity index (χ3v) is 3.16. The van der Waals surface area contributed by atoms with Crippen LogP contribution in [0.1, 0.15) is 12.0 Å². The van der Waals surface area contributed by atoms with Crippen LogP contribution < -0.4 is 10.6 Å². The molecule has 0 bridgehead atoms. The first-order valence-corrected chi connectivity index (χ1v) is 6.80. The Morgan fingerprint density at radius 1 is 1.38 bits per heavy atom. The summed E-state index contributed by atoms with van der Waals surface area (Å²) in [4.78, 5) is 13.3. The van der Waals surface area contributed by atoms with Crippen molar-refractivity contribution in [3.8, 4) is 0 Å². The Labute approximate surface area is 128 Å². The van der Waals surface area contributed by atoms with E-state index in [0.29, 0.717) is 30.9 Å². The minimum Gasteiger partial charge on any atom is -0.469 e. The predicted octanol–water partition coefficient (Wildman–Crippen LogP) is 1.48. The molecule has 0 atom stereocenters. The number of carbonyl (C=O) groups is 1. The molecule has 1 rings (SSSR count). The zero-order valence-corrected chi connectivity index (χ0v) is 12.9. The molecular weight excluding hydrogens is 295 g/mol. The van der Waals surface area contributed by atoms with Gasteiger partial charge in [-0.2, -0.15) is 0 Å². The van der Waals surface area contributed by atoms with Crippen molar-refractivity contribution in [2.75, 3.05) is 38.8 Å². The molecule has 1 aromatic carbocycles. The van der Waals surface area contributed by atoms with E-state index in [9.17, 15) is 9.18 Å². The van der Waals surface area contributed by atoms with Crippen molar-refractivity contribution in [2.45, 2.75) is 6.42 Å². The lowest BCUT2D eigenvalue weighted by Crippen LogP contribution is -2.32. The van der Waals surface area contributed by atoms with Crippen LogP contribution in [0.4, 0.5) is 10.1 Å². The van der Waals surface area contributed by atoms with Gasteiger partial charge in [0.1, 0.15) is 10.8 Å². The lowest BCUT2D eigenvalue weighted by atomic mass is 10.1. The number of nitrogens with two attached hydrogens (primary N) is 1. The van der Waals surface area contributed by atoms with Crippen molar-refractivity contribution >= 4 is 28.9 Å². The maximum atomic E-state index is 13.4. The summed E-state index contributed by atoms with van der Waals surface area (Å²) in [7, 11) is 2.91. The van der Waals surface area contributed by atoms with Crippen LogP contribution in [-0.4, -0.2) is 44.9 Å². The number of methoxy groups -OCH3 is 2. The quantitative estimate of drug-likeness (QED) is 0.579. The number of esters is 1. The lowest BCUT2D eigenvalue weighted by Gasteiger charge is -2.26. The summed E-state index contributed by atoms with van der Waals surface area (Å²) < 4.78 is 23.0. The Morgan fingerprint density at radius 2 is 2.10 bits per heavy atom. The number of hydrogen-bond donors (Lipinski definition) is 1. The Morgan fingerprint density at radius 3 is 2.67 bits per heavy atom. The average molecular weight is 314 g/mol. The second-order valence-corrected chi connectivity index (χ2v) is 4.77. The number of ether oxygens (including phenoxy) is 2. The predicted molar refractivity (Wildman–Crippen MR) is 83.0 cm³/mol. The van der Waals surface area contributed by atoms with E-state index in [1.54, 1.807) is 13.2 Å². The lowest BCUT2D eigenvalue weighted by molar-refractivity contribution is -0.140. The molecule has 0 saturated heterocycles. The molecule has 0 aliphatic rings. The van der Waals surface area contributed by atoms with Gasteiger partial charge in [0, 0.05) is 31.5 Å². The molecule has 0 aliphatic heterocycles. The SMILES string of the molecule is COCCN(CCC(=O)OC)c1ccc(F)cc1C(N)=S. The topological polar surface area (TPSA) is 64.8 Å². The van der Waals surface area contributed by atoms with Crippen molar-refractivity contribution in [1.29, 1.82) is 0 Å². The molecule has 0 saturated carbocycles. The zero-order valence-electron chi connectivity index (χ0n) is 12.1. The maximum absolute atomic E-state index is 13.4. The Balaban J connectivity index is 3.01. The molecule has 0 radical (unpaired) electrons. The smallest absolute Gasteiger partial charge is 0.307 e. The number of anilines is 1. The second kappa shape index (κ2) is 8.53. The largest absolute Gasteiger partial charge is 0.469 e. The fraction of sp³-hybridized carbons (Fsp3) is 0.429. The van der Waals surface area contributed by atoms with Gasteiger partial charge in [0.2, 0.25) is 0 Å². The molecule has 0 fully saturated rings. The molecule has 5 nitrogen and oxygen atoms in total. The van der Waals surface area contributed by atoms with E-state index in [-0.39, 0.29) is 17.4 Å². The summed E-state index contributed by atoms with van der Waals surface area (Å²) in [5, 5.41) is 0. The van der Waals surface area contributed by atoms with Crippen molar-refractivity contribution in [2.24, 2.45) is 5.73 Å². The van der Waals surface area contributed by atoms with E-state index < -0.39 is 5.82 Å². The summed E-state index contributed by atoms with van der Waals surface area (Å²) in [5.74, 6) is -0.738. The van der Waals surface area contributed by atoms with E-state index in [0.717, 1.165) is 0 Å². The molecule has 21 heavy (non-hydrogen) atoms. The van der Waals surface area contributed by atoms with Gasteiger partial charge in [-0.25, -0.2) is 4.39 Å². The first kappa shape index (κ1) is 17.3. The maximum Gasteiger partial charge on any atom is 0.307 e. The minimum atomic E-state index is -0.416. The Hall–Kier alpha value is -1.73. The number of nitrogens with zero attached hydrogens (tertiary/aromatic N) is 1.